The first-order chi connectivity index (χ1) is 12.2. The molecule has 0 atom stereocenters. The Balaban J connectivity index is 1.81. The van der Waals surface area contributed by atoms with Crippen molar-refractivity contribution in [1.82, 2.24) is 15.5 Å². The average Bonchev–Trinajstić information content (AvgIpc) is 3.02. The number of aromatic amines is 1. The largest absolute Gasteiger partial charge is 0.494 e. The third-order valence-corrected chi connectivity index (χ3v) is 4.32. The number of aromatic nitrogens is 2. The van der Waals surface area contributed by atoms with E-state index in [-0.39, 0.29) is 11.7 Å². The van der Waals surface area contributed by atoms with Gasteiger partial charge in [0.2, 0.25) is 5.91 Å². The van der Waals surface area contributed by atoms with Gasteiger partial charge in [-0.15, -0.1) is 0 Å². The molecule has 4 rings (SSSR count). The molecule has 1 aliphatic heterocycles. The summed E-state index contributed by atoms with van der Waals surface area (Å²) >= 11 is 0. The molecule has 0 fully saturated rings. The highest BCUT2D eigenvalue weighted by Crippen LogP contribution is 2.30. The Morgan fingerprint density at radius 2 is 2.04 bits per heavy atom. The fraction of sp³-hybridized carbons (Fsp3) is 0.263. The lowest BCUT2D eigenvalue weighted by Crippen LogP contribution is -2.25. The zero-order chi connectivity index (χ0) is 17.2. The Bertz CT molecular complexity index is 936. The molecule has 25 heavy (non-hydrogen) atoms. The molecular formula is C19H18FN3O2. The monoisotopic (exact) mass is 339 g/mol. The minimum absolute atomic E-state index is 0.0385. The maximum Gasteiger partial charge on any atom is 0.220 e. The van der Waals surface area contributed by atoms with Gasteiger partial charge >= 0.3 is 0 Å². The highest BCUT2D eigenvalue weighted by atomic mass is 19.1. The van der Waals surface area contributed by atoms with E-state index in [1.165, 1.54) is 12.1 Å². The molecule has 0 radical (unpaired) electrons. The maximum atomic E-state index is 14.1. The summed E-state index contributed by atoms with van der Waals surface area (Å²) in [5.41, 5.74) is 3.02. The van der Waals surface area contributed by atoms with Crippen molar-refractivity contribution in [3.05, 3.63) is 47.8 Å². The lowest BCUT2D eigenvalue weighted by Gasteiger charge is -2.07. The number of carbonyl (C=O) groups is 1. The number of rotatable bonds is 0. The van der Waals surface area contributed by atoms with Crippen LogP contribution in [0.5, 0.6) is 5.75 Å². The molecule has 1 aliphatic rings. The Hall–Kier alpha value is -2.89. The van der Waals surface area contributed by atoms with Crippen molar-refractivity contribution in [2.75, 3.05) is 13.2 Å². The summed E-state index contributed by atoms with van der Waals surface area (Å²) in [6, 6.07) is 10.5. The predicted octanol–water partition coefficient (Wildman–Crippen LogP) is 3.20. The van der Waals surface area contributed by atoms with Crippen molar-refractivity contribution in [3.8, 4) is 17.0 Å². The van der Waals surface area contributed by atoms with Gasteiger partial charge in [-0.2, -0.15) is 5.10 Å². The molecule has 0 saturated carbocycles. The molecule has 1 aromatic heterocycles. The molecule has 2 aromatic carbocycles. The zero-order valence-corrected chi connectivity index (χ0v) is 13.6. The Labute approximate surface area is 144 Å². The van der Waals surface area contributed by atoms with E-state index < -0.39 is 0 Å². The molecule has 4 bridgehead atoms. The number of halogens is 1. The molecule has 2 heterocycles. The van der Waals surface area contributed by atoms with Gasteiger partial charge in [-0.3, -0.25) is 9.89 Å². The van der Waals surface area contributed by atoms with E-state index in [0.29, 0.717) is 37.3 Å². The van der Waals surface area contributed by atoms with Gasteiger partial charge in [0.25, 0.3) is 0 Å². The van der Waals surface area contributed by atoms with Crippen LogP contribution in [0.2, 0.25) is 0 Å². The highest BCUT2D eigenvalue weighted by Gasteiger charge is 2.13. The van der Waals surface area contributed by atoms with Gasteiger partial charge in [0.05, 0.1) is 12.1 Å². The number of hydrogen-bond acceptors (Lipinski definition) is 3. The van der Waals surface area contributed by atoms with Crippen LogP contribution in [0, 0.1) is 5.82 Å². The Morgan fingerprint density at radius 3 is 2.96 bits per heavy atom. The number of carbonyl (C=O) groups excluding carboxylic acids is 1. The molecule has 0 unspecified atom stereocenters. The molecule has 5 nitrogen and oxygen atoms in total. The number of aryl methyl sites for hydroxylation is 1. The summed E-state index contributed by atoms with van der Waals surface area (Å²) in [6.45, 7) is 1.08. The lowest BCUT2D eigenvalue weighted by atomic mass is 10.0. The number of nitrogens with one attached hydrogen (secondary N) is 2. The third-order valence-electron chi connectivity index (χ3n) is 4.32. The number of ether oxygens (including phenoxy) is 1. The van der Waals surface area contributed by atoms with Crippen LogP contribution in [-0.2, 0) is 11.2 Å². The van der Waals surface area contributed by atoms with Gasteiger partial charge in [-0.1, -0.05) is 0 Å². The fourth-order valence-electron chi connectivity index (χ4n) is 3.07. The third kappa shape index (κ3) is 3.33. The first-order valence-electron chi connectivity index (χ1n) is 8.36. The molecule has 6 heteroatoms. The van der Waals surface area contributed by atoms with Gasteiger partial charge < -0.3 is 10.1 Å². The van der Waals surface area contributed by atoms with Crippen LogP contribution in [0.1, 0.15) is 18.4 Å². The van der Waals surface area contributed by atoms with Crippen molar-refractivity contribution in [3.63, 3.8) is 0 Å². The number of H-pyrrole nitrogens is 1. The maximum absolute atomic E-state index is 14.1. The number of hydrogen-bond donors (Lipinski definition) is 2. The van der Waals surface area contributed by atoms with Crippen LogP contribution in [0.25, 0.3) is 22.2 Å². The van der Waals surface area contributed by atoms with Gasteiger partial charge in [-0.05, 0) is 54.8 Å². The van der Waals surface area contributed by atoms with Crippen molar-refractivity contribution in [2.45, 2.75) is 19.3 Å². The minimum Gasteiger partial charge on any atom is -0.494 e. The van der Waals surface area contributed by atoms with Crippen LogP contribution >= 0.6 is 0 Å². The van der Waals surface area contributed by atoms with Crippen LogP contribution in [0.15, 0.2) is 36.4 Å². The van der Waals surface area contributed by atoms with E-state index in [1.807, 2.05) is 24.3 Å². The lowest BCUT2D eigenvalue weighted by molar-refractivity contribution is -0.121. The first-order valence-corrected chi connectivity index (χ1v) is 8.36. The van der Waals surface area contributed by atoms with Gasteiger partial charge in [0, 0.05) is 23.9 Å². The van der Waals surface area contributed by atoms with E-state index in [2.05, 4.69) is 15.5 Å². The first kappa shape index (κ1) is 15.6. The quantitative estimate of drug-likeness (QED) is 0.661. The molecule has 0 aliphatic carbocycles. The van der Waals surface area contributed by atoms with E-state index in [0.717, 1.165) is 28.6 Å². The topological polar surface area (TPSA) is 67.0 Å². The van der Waals surface area contributed by atoms with Crippen molar-refractivity contribution in [1.29, 1.82) is 0 Å². The van der Waals surface area contributed by atoms with Crippen molar-refractivity contribution < 1.29 is 13.9 Å². The highest BCUT2D eigenvalue weighted by molar-refractivity contribution is 5.93. The Kier molecular flexibility index (Phi) is 4.09. The smallest absolute Gasteiger partial charge is 0.220 e. The van der Waals surface area contributed by atoms with Crippen LogP contribution < -0.4 is 10.1 Å². The summed E-state index contributed by atoms with van der Waals surface area (Å²) in [6.07, 6.45) is 1.54. The van der Waals surface area contributed by atoms with Crippen LogP contribution in [0.4, 0.5) is 4.39 Å². The SMILES string of the molecule is O=C1CCc2cc(F)cc(c2)-c2n[nH]c3ccc(cc23)OCCCN1. The normalized spacial score (nSPS) is 15.3. The molecule has 2 N–H and O–H groups in total. The summed E-state index contributed by atoms with van der Waals surface area (Å²) in [5, 5.41) is 11.1. The van der Waals surface area contributed by atoms with Crippen molar-refractivity contribution >= 4 is 16.8 Å². The molecule has 3 aromatic rings. The summed E-state index contributed by atoms with van der Waals surface area (Å²) in [7, 11) is 0. The van der Waals surface area contributed by atoms with Crippen molar-refractivity contribution in [2.24, 2.45) is 0 Å². The minimum atomic E-state index is -0.333. The van der Waals surface area contributed by atoms with Crippen LogP contribution in [-0.4, -0.2) is 29.3 Å². The second-order valence-corrected chi connectivity index (χ2v) is 6.18. The zero-order valence-electron chi connectivity index (χ0n) is 13.6. The Morgan fingerprint density at radius 1 is 1.12 bits per heavy atom. The van der Waals surface area contributed by atoms with E-state index >= 15 is 0 Å². The van der Waals surface area contributed by atoms with E-state index in [1.54, 1.807) is 0 Å². The standard InChI is InChI=1S/C19H18FN3O2/c20-14-9-12-2-5-18(24)21-6-1-7-25-15-3-4-17-16(11-15)19(23-22-17)13(8-12)10-14/h3-4,8-11H,1-2,5-7H2,(H,21,24)(H,22,23). The predicted molar refractivity (Wildman–Crippen MR) is 92.9 cm³/mol. The number of nitrogens with zero attached hydrogens (tertiary/aromatic N) is 1. The molecule has 0 saturated heterocycles. The van der Waals surface area contributed by atoms with Gasteiger partial charge in [0.15, 0.2) is 0 Å². The summed E-state index contributed by atoms with van der Waals surface area (Å²) < 4.78 is 19.8. The number of benzene rings is 2. The van der Waals surface area contributed by atoms with Crippen LogP contribution in [0.3, 0.4) is 0 Å². The average molecular weight is 339 g/mol. The summed E-state index contributed by atoms with van der Waals surface area (Å²) in [4.78, 5) is 11.9. The number of amides is 1. The van der Waals surface area contributed by atoms with E-state index in [4.69, 9.17) is 4.74 Å². The molecule has 1 amide bonds. The molecule has 0 spiro atoms. The number of fused-ring (bicyclic) bond motifs is 4. The second-order valence-electron chi connectivity index (χ2n) is 6.18. The van der Waals surface area contributed by atoms with Gasteiger partial charge in [0.1, 0.15) is 17.3 Å². The van der Waals surface area contributed by atoms with E-state index in [9.17, 15) is 9.18 Å². The second kappa shape index (κ2) is 6.55. The summed E-state index contributed by atoms with van der Waals surface area (Å²) in [5.74, 6) is 0.358. The molecule has 128 valence electrons. The molecular weight excluding hydrogens is 321 g/mol. The fourth-order valence-corrected chi connectivity index (χ4v) is 3.07. The van der Waals surface area contributed by atoms with Gasteiger partial charge in [-0.25, -0.2) is 4.39 Å².